The van der Waals surface area contributed by atoms with E-state index in [0.717, 1.165) is 5.56 Å². The second kappa shape index (κ2) is 15.0. The summed E-state index contributed by atoms with van der Waals surface area (Å²) in [4.78, 5) is 15.4. The minimum atomic E-state index is -4.27. The first kappa shape index (κ1) is 28.1. The maximum absolute atomic E-state index is 10.4. The molecule has 0 saturated heterocycles. The van der Waals surface area contributed by atoms with Crippen molar-refractivity contribution >= 4 is 31.7 Å². The number of aryl methyl sites for hydroxylation is 1. The number of anilines is 2. The molecule has 174 valence electrons. The van der Waals surface area contributed by atoms with Gasteiger partial charge in [-0.3, -0.25) is 4.98 Å². The zero-order valence-corrected chi connectivity index (χ0v) is 20.7. The summed E-state index contributed by atoms with van der Waals surface area (Å²) in [7, 11) is 0.299. The number of nitrogen functional groups attached to an aromatic ring is 2. The van der Waals surface area contributed by atoms with Gasteiger partial charge in [-0.1, -0.05) is 60.2 Å². The van der Waals surface area contributed by atoms with Gasteiger partial charge in [0.05, 0.1) is 4.90 Å². The largest absolute Gasteiger partial charge is 0.0623 e. The van der Waals surface area contributed by atoms with E-state index in [9.17, 15) is 13.0 Å². The van der Waals surface area contributed by atoms with E-state index >= 15 is 0 Å². The van der Waals surface area contributed by atoms with Crippen molar-refractivity contribution in [1.82, 2.24) is 19.9 Å². The molecule has 0 aliphatic carbocycles. The Kier molecular flexibility index (Phi) is 12.7. The van der Waals surface area contributed by atoms with E-state index in [2.05, 4.69) is 29.6 Å². The molecule has 0 unspecified atom stereocenters. The van der Waals surface area contributed by atoms with Gasteiger partial charge in [-0.25, -0.2) is 8.42 Å². The molecule has 0 saturated carbocycles. The van der Waals surface area contributed by atoms with Gasteiger partial charge in [0.25, 0.3) is 0 Å². The summed E-state index contributed by atoms with van der Waals surface area (Å²) >= 11 is 1.82. The molecule has 0 aliphatic heterocycles. The molecule has 4 aromatic rings. The fraction of sp³-hybridized carbons (Fsp3) is 0.0476. The average Bonchev–Trinajstić information content (AvgIpc) is 2.82. The van der Waals surface area contributed by atoms with Crippen molar-refractivity contribution in [3.63, 3.8) is 0 Å². The Bertz CT molecular complexity index is 1140. The Morgan fingerprint density at radius 2 is 1.27 bits per heavy atom. The number of pyridine rings is 1. The summed E-state index contributed by atoms with van der Waals surface area (Å²) in [5.74, 6) is 0.576. The Morgan fingerprint density at radius 3 is 1.67 bits per heavy atom. The van der Waals surface area contributed by atoms with Crippen LogP contribution in [0.25, 0.3) is 11.5 Å². The van der Waals surface area contributed by atoms with Crippen LogP contribution < -0.4 is 11.5 Å². The maximum atomic E-state index is 10.4. The molecule has 2 heterocycles. The summed E-state index contributed by atoms with van der Waals surface area (Å²) in [6.45, 7) is 1.82. The van der Waals surface area contributed by atoms with Gasteiger partial charge in [0.2, 0.25) is 11.9 Å². The van der Waals surface area contributed by atoms with Gasteiger partial charge in [0.15, 0.2) is 5.82 Å². The molecule has 0 aliphatic rings. The summed E-state index contributed by atoms with van der Waals surface area (Å²) in [6.07, 6.45) is 1.64. The third kappa shape index (κ3) is 11.5. The number of halogens is 1. The number of benzene rings is 2. The molecule has 0 spiro atoms. The van der Waals surface area contributed by atoms with Crippen molar-refractivity contribution in [3.05, 3.63) is 90.6 Å². The van der Waals surface area contributed by atoms with Gasteiger partial charge in [-0.05, 0) is 31.2 Å². The second-order valence-corrected chi connectivity index (χ2v) is 7.39. The van der Waals surface area contributed by atoms with Crippen LogP contribution in [0.15, 0.2) is 90.0 Å². The van der Waals surface area contributed by atoms with E-state index in [4.69, 9.17) is 11.5 Å². The van der Waals surface area contributed by atoms with Crippen molar-refractivity contribution in [2.75, 3.05) is 11.5 Å². The molecule has 0 atom stereocenters. The van der Waals surface area contributed by atoms with Gasteiger partial charge in [0, 0.05) is 6.20 Å². The van der Waals surface area contributed by atoms with Gasteiger partial charge in [0.1, 0.15) is 15.8 Å². The van der Waals surface area contributed by atoms with Crippen molar-refractivity contribution in [2.24, 2.45) is 0 Å². The van der Waals surface area contributed by atoms with Crippen LogP contribution in [0.2, 0.25) is 0 Å². The fourth-order valence-electron chi connectivity index (χ4n) is 2.11. The molecule has 2 aromatic carbocycles. The molecule has 33 heavy (non-hydrogen) atoms. The standard InChI is InChI=1S/C8H8N6.C7H8O3S.C6H6.ClH.Ru/c9-7-12-6(13-8(10)14-7)5-3-1-2-4-11-5;1-6-2-4-7(5-3-6)11(8,9)10;1-2-4-6-5-3-1;;/h1-4H,(H4,9,10,12,13,14);2-5H,1H3,(H,8,9,10);1-6H;1H;/q;;;;+2/p-2. The maximum Gasteiger partial charge on any atom is -0.0623 e. The van der Waals surface area contributed by atoms with E-state index in [1.54, 1.807) is 30.5 Å². The van der Waals surface area contributed by atoms with E-state index in [0.29, 0.717) is 11.5 Å². The number of aromatic nitrogens is 4. The minimum Gasteiger partial charge on any atom is -0.0623 e. The van der Waals surface area contributed by atoms with E-state index in [1.165, 1.54) is 12.1 Å². The van der Waals surface area contributed by atoms with Crippen LogP contribution in [0, 0.1) is 6.92 Å². The molecule has 9 nitrogen and oxygen atoms in total. The van der Waals surface area contributed by atoms with Crippen molar-refractivity contribution in [2.45, 2.75) is 11.8 Å². The molecule has 4 rings (SSSR count). The molecule has 0 bridgehead atoms. The van der Waals surface area contributed by atoms with Gasteiger partial charge >= 0.3 is 27.0 Å². The zero-order valence-electron chi connectivity index (χ0n) is 17.4. The first-order valence-corrected chi connectivity index (χ1v) is 12.7. The van der Waals surface area contributed by atoms with Crippen LogP contribution in [0.3, 0.4) is 0 Å². The van der Waals surface area contributed by atoms with Crippen LogP contribution in [0.5, 0.6) is 0 Å². The third-order valence-electron chi connectivity index (χ3n) is 3.54. The Hall–Kier alpha value is -2.98. The summed E-state index contributed by atoms with van der Waals surface area (Å²) in [6, 6.07) is 23.2. The molecule has 0 fully saturated rings. The van der Waals surface area contributed by atoms with Crippen molar-refractivity contribution in [3.8, 4) is 11.5 Å². The first-order valence-electron chi connectivity index (χ1n) is 9.10. The van der Waals surface area contributed by atoms with E-state index in [1.807, 2.05) is 66.7 Å². The second-order valence-electron chi connectivity index (χ2n) is 6.01. The monoisotopic (exact) mass is 574 g/mol. The molecule has 12 heteroatoms. The first-order chi connectivity index (χ1) is 15.8. The number of hydrogen-bond donors (Lipinski definition) is 2. The Balaban J connectivity index is 0.000000255. The third-order valence-corrected chi connectivity index (χ3v) is 4.39. The van der Waals surface area contributed by atoms with E-state index in [-0.39, 0.29) is 16.8 Å². The van der Waals surface area contributed by atoms with Crippen LogP contribution >= 0.6 is 9.69 Å². The normalized spacial score (nSPS) is 9.70. The van der Waals surface area contributed by atoms with Crippen LogP contribution in [0.4, 0.5) is 11.9 Å². The molecule has 2 aromatic heterocycles. The summed E-state index contributed by atoms with van der Waals surface area (Å²) in [5, 5.41) is 0. The Morgan fingerprint density at radius 1 is 0.788 bits per heavy atom. The quantitative estimate of drug-likeness (QED) is 0.270. The number of nitrogens with two attached hydrogens (primary N) is 2. The predicted molar refractivity (Wildman–Crippen MR) is 123 cm³/mol. The topological polar surface area (TPSA) is 161 Å². The molecule has 0 amide bonds. The van der Waals surface area contributed by atoms with Crippen molar-refractivity contribution < 1.29 is 30.3 Å². The minimum absolute atomic E-state index is 0.0955. The molecular weight excluding hydrogens is 553 g/mol. The van der Waals surface area contributed by atoms with E-state index < -0.39 is 10.1 Å². The summed E-state index contributed by atoms with van der Waals surface area (Å²) in [5.41, 5.74) is 12.4. The average molecular weight is 574 g/mol. The van der Waals surface area contributed by atoms with Gasteiger partial charge < -0.3 is 16.0 Å². The summed E-state index contributed by atoms with van der Waals surface area (Å²) < 4.78 is 31.2. The van der Waals surface area contributed by atoms with Crippen LogP contribution in [0.1, 0.15) is 5.56 Å². The number of rotatable bonds is 2. The Labute approximate surface area is 206 Å². The SMILES string of the molecule is Cc1ccc(S(=O)(=O)[O-])cc1.Nc1nc(N)nc(-c2ccccn2)n1.[Cl][Ru+].c1ccccc1. The molecule has 0 radical (unpaired) electrons. The molecular formula is C21H21ClN6O3RuS. The number of hydrogen-bond acceptors (Lipinski definition) is 9. The fourth-order valence-corrected chi connectivity index (χ4v) is 2.58. The van der Waals surface area contributed by atoms with Crippen LogP contribution in [-0.4, -0.2) is 32.9 Å². The predicted octanol–water partition coefficient (Wildman–Crippen LogP) is 3.37. The smallest absolute Gasteiger partial charge is 0.0623 e. The number of nitrogens with zero attached hydrogens (tertiary/aromatic N) is 4. The van der Waals surface area contributed by atoms with Gasteiger partial charge in [-0.2, -0.15) is 15.0 Å². The molecule has 4 N–H and O–H groups in total. The zero-order chi connectivity index (χ0) is 24.7. The van der Waals surface area contributed by atoms with Crippen molar-refractivity contribution in [1.29, 1.82) is 0 Å². The van der Waals surface area contributed by atoms with Crippen LogP contribution in [-0.2, 0) is 27.4 Å². The van der Waals surface area contributed by atoms with Gasteiger partial charge in [-0.15, -0.1) is 0 Å².